The van der Waals surface area contributed by atoms with Gasteiger partial charge in [0.05, 0.1) is 6.54 Å². The van der Waals surface area contributed by atoms with Gasteiger partial charge in [0.15, 0.2) is 5.96 Å². The third-order valence-electron chi connectivity index (χ3n) is 2.88. The molecule has 0 amide bonds. The monoisotopic (exact) mass is 251 g/mol. The molecule has 5 heteroatoms. The molecule has 3 nitrogen and oxygen atoms in total. The van der Waals surface area contributed by atoms with E-state index in [1.165, 1.54) is 18.2 Å². The summed E-state index contributed by atoms with van der Waals surface area (Å²) in [5.74, 6) is -0.917. The molecular formula is C13H15F2N3. The van der Waals surface area contributed by atoms with E-state index in [4.69, 9.17) is 5.73 Å². The Morgan fingerprint density at radius 3 is 2.78 bits per heavy atom. The minimum Gasteiger partial charge on any atom is -0.370 e. The first-order chi connectivity index (χ1) is 8.63. The third-order valence-corrected chi connectivity index (χ3v) is 2.88. The van der Waals surface area contributed by atoms with Gasteiger partial charge in [0.2, 0.25) is 0 Å². The lowest BCUT2D eigenvalue weighted by Gasteiger charge is -2.06. The van der Waals surface area contributed by atoms with E-state index in [-0.39, 0.29) is 23.5 Å². The van der Waals surface area contributed by atoms with Crippen molar-refractivity contribution in [3.05, 3.63) is 48.1 Å². The predicted octanol–water partition coefficient (Wildman–Crippen LogP) is 1.91. The van der Waals surface area contributed by atoms with Crippen molar-refractivity contribution in [3.8, 4) is 0 Å². The number of aliphatic imine (C=N–C) groups is 1. The van der Waals surface area contributed by atoms with Crippen molar-refractivity contribution in [1.82, 2.24) is 5.32 Å². The number of guanidine groups is 1. The minimum atomic E-state index is -0.508. The van der Waals surface area contributed by atoms with E-state index in [1.807, 2.05) is 0 Å². The van der Waals surface area contributed by atoms with Gasteiger partial charge in [0, 0.05) is 17.5 Å². The van der Waals surface area contributed by atoms with Gasteiger partial charge in [-0.05, 0) is 18.6 Å². The molecule has 1 aliphatic carbocycles. The summed E-state index contributed by atoms with van der Waals surface area (Å²) in [5.41, 5.74) is 5.75. The van der Waals surface area contributed by atoms with Crippen molar-refractivity contribution in [3.63, 3.8) is 0 Å². The summed E-state index contributed by atoms with van der Waals surface area (Å²) in [7, 11) is 0. The van der Waals surface area contributed by atoms with Crippen LogP contribution >= 0.6 is 0 Å². The van der Waals surface area contributed by atoms with Crippen LogP contribution in [0.2, 0.25) is 0 Å². The van der Waals surface area contributed by atoms with E-state index in [0.29, 0.717) is 13.0 Å². The first-order valence-electron chi connectivity index (χ1n) is 5.74. The molecule has 18 heavy (non-hydrogen) atoms. The molecule has 0 bridgehead atoms. The summed E-state index contributed by atoms with van der Waals surface area (Å²) < 4.78 is 27.0. The lowest BCUT2D eigenvalue weighted by atomic mass is 10.1. The fourth-order valence-electron chi connectivity index (χ4n) is 1.94. The normalized spacial score (nSPS) is 22.7. The molecule has 0 heterocycles. The molecule has 2 unspecified atom stereocenters. The maximum absolute atomic E-state index is 13.5. The average molecular weight is 251 g/mol. The van der Waals surface area contributed by atoms with Crippen LogP contribution in [0.3, 0.4) is 0 Å². The Morgan fingerprint density at radius 1 is 1.50 bits per heavy atom. The number of rotatable bonds is 4. The molecule has 3 N–H and O–H groups in total. The van der Waals surface area contributed by atoms with Gasteiger partial charge in [-0.2, -0.15) is 0 Å². The Kier molecular flexibility index (Phi) is 3.60. The lowest BCUT2D eigenvalue weighted by Crippen LogP contribution is -2.34. The Labute approximate surface area is 104 Å². The van der Waals surface area contributed by atoms with Crippen LogP contribution in [-0.2, 0) is 0 Å². The summed E-state index contributed by atoms with van der Waals surface area (Å²) in [4.78, 5) is 3.97. The Morgan fingerprint density at radius 2 is 2.17 bits per heavy atom. The second-order valence-corrected chi connectivity index (χ2v) is 4.24. The quantitative estimate of drug-likeness (QED) is 0.488. The van der Waals surface area contributed by atoms with Crippen molar-refractivity contribution in [2.24, 2.45) is 10.7 Å². The molecule has 1 fully saturated rings. The van der Waals surface area contributed by atoms with E-state index in [2.05, 4.69) is 16.9 Å². The van der Waals surface area contributed by atoms with Crippen LogP contribution in [0, 0.1) is 11.6 Å². The largest absolute Gasteiger partial charge is 0.370 e. The van der Waals surface area contributed by atoms with Gasteiger partial charge in [0.1, 0.15) is 11.6 Å². The summed E-state index contributed by atoms with van der Waals surface area (Å²) in [6.07, 6.45) is 2.28. The summed E-state index contributed by atoms with van der Waals surface area (Å²) in [5, 5.41) is 2.94. The Bertz CT molecular complexity index is 465. The van der Waals surface area contributed by atoms with Crippen LogP contribution < -0.4 is 11.1 Å². The molecule has 1 aliphatic rings. The summed E-state index contributed by atoms with van der Waals surface area (Å²) in [6, 6.07) is 3.84. The highest BCUT2D eigenvalue weighted by molar-refractivity contribution is 5.78. The van der Waals surface area contributed by atoms with Gasteiger partial charge >= 0.3 is 0 Å². The van der Waals surface area contributed by atoms with Crippen LogP contribution in [-0.4, -0.2) is 18.5 Å². The zero-order valence-corrected chi connectivity index (χ0v) is 9.87. The minimum absolute atomic E-state index is 0.0510. The molecule has 0 saturated heterocycles. The highest BCUT2D eigenvalue weighted by atomic mass is 19.1. The number of halogens is 2. The molecule has 0 spiro atoms. The number of hydrogen-bond donors (Lipinski definition) is 2. The Hall–Kier alpha value is -1.91. The smallest absolute Gasteiger partial charge is 0.189 e. The van der Waals surface area contributed by atoms with Gasteiger partial charge < -0.3 is 11.1 Å². The van der Waals surface area contributed by atoms with Gasteiger partial charge in [-0.1, -0.05) is 12.1 Å². The zero-order chi connectivity index (χ0) is 13.1. The van der Waals surface area contributed by atoms with Crippen molar-refractivity contribution >= 4 is 5.96 Å². The molecule has 96 valence electrons. The SMILES string of the molecule is C=CCN=C(N)NC1CC1c1c(F)cccc1F. The molecule has 2 atom stereocenters. The molecule has 2 rings (SSSR count). The topological polar surface area (TPSA) is 50.4 Å². The van der Waals surface area contributed by atoms with Crippen LogP contribution in [0.4, 0.5) is 8.78 Å². The van der Waals surface area contributed by atoms with Gasteiger partial charge in [-0.3, -0.25) is 0 Å². The summed E-state index contributed by atoms with van der Waals surface area (Å²) >= 11 is 0. The first kappa shape index (κ1) is 12.5. The maximum atomic E-state index is 13.5. The highest BCUT2D eigenvalue weighted by Crippen LogP contribution is 2.42. The predicted molar refractivity (Wildman–Crippen MR) is 67.3 cm³/mol. The number of hydrogen-bond acceptors (Lipinski definition) is 1. The van der Waals surface area contributed by atoms with Gasteiger partial charge in [-0.15, -0.1) is 6.58 Å². The van der Waals surface area contributed by atoms with Crippen LogP contribution in [0.5, 0.6) is 0 Å². The molecule has 1 saturated carbocycles. The van der Waals surface area contributed by atoms with Crippen molar-refractivity contribution in [2.75, 3.05) is 6.54 Å². The molecule has 0 radical (unpaired) electrons. The fraction of sp³-hybridized carbons (Fsp3) is 0.308. The second-order valence-electron chi connectivity index (χ2n) is 4.24. The first-order valence-corrected chi connectivity index (χ1v) is 5.74. The number of nitrogens with one attached hydrogen (secondary N) is 1. The molecule has 0 aliphatic heterocycles. The zero-order valence-electron chi connectivity index (χ0n) is 9.87. The lowest BCUT2D eigenvalue weighted by molar-refractivity contribution is 0.554. The molecular weight excluding hydrogens is 236 g/mol. The van der Waals surface area contributed by atoms with Crippen molar-refractivity contribution in [1.29, 1.82) is 0 Å². The highest BCUT2D eigenvalue weighted by Gasteiger charge is 2.42. The number of nitrogens with two attached hydrogens (primary N) is 1. The van der Waals surface area contributed by atoms with Gasteiger partial charge in [0.25, 0.3) is 0 Å². The van der Waals surface area contributed by atoms with E-state index in [0.717, 1.165) is 0 Å². The second kappa shape index (κ2) is 5.16. The third kappa shape index (κ3) is 2.67. The van der Waals surface area contributed by atoms with E-state index >= 15 is 0 Å². The van der Waals surface area contributed by atoms with Crippen LogP contribution in [0.1, 0.15) is 17.9 Å². The van der Waals surface area contributed by atoms with Gasteiger partial charge in [-0.25, -0.2) is 13.8 Å². The van der Waals surface area contributed by atoms with E-state index in [9.17, 15) is 8.78 Å². The van der Waals surface area contributed by atoms with Crippen molar-refractivity contribution in [2.45, 2.75) is 18.4 Å². The number of nitrogens with zero attached hydrogens (tertiary/aromatic N) is 1. The molecule has 1 aromatic carbocycles. The van der Waals surface area contributed by atoms with E-state index in [1.54, 1.807) is 6.08 Å². The standard InChI is InChI=1S/C13H15F2N3/c1-2-6-17-13(16)18-11-7-8(11)12-9(14)4-3-5-10(12)15/h2-5,8,11H,1,6-7H2,(H3,16,17,18). The summed E-state index contributed by atoms with van der Waals surface area (Å²) in [6.45, 7) is 3.94. The van der Waals surface area contributed by atoms with Crippen LogP contribution in [0.25, 0.3) is 0 Å². The average Bonchev–Trinajstić information content (AvgIpc) is 3.05. The maximum Gasteiger partial charge on any atom is 0.189 e. The van der Waals surface area contributed by atoms with Crippen LogP contribution in [0.15, 0.2) is 35.8 Å². The molecule has 1 aromatic rings. The Balaban J connectivity index is 2.01. The number of benzene rings is 1. The fourth-order valence-corrected chi connectivity index (χ4v) is 1.94. The van der Waals surface area contributed by atoms with Crippen molar-refractivity contribution < 1.29 is 8.78 Å². The van der Waals surface area contributed by atoms with E-state index < -0.39 is 11.6 Å². The molecule has 0 aromatic heterocycles.